The monoisotopic (exact) mass is 330 g/mol. The van der Waals surface area contributed by atoms with Crippen molar-refractivity contribution in [3.63, 3.8) is 0 Å². The Hall–Kier alpha value is -2.38. The van der Waals surface area contributed by atoms with Crippen molar-refractivity contribution in [2.75, 3.05) is 17.7 Å². The van der Waals surface area contributed by atoms with E-state index in [0.29, 0.717) is 16.9 Å². The van der Waals surface area contributed by atoms with Crippen LogP contribution in [0.5, 0.6) is 0 Å². The molecule has 0 saturated carbocycles. The summed E-state index contributed by atoms with van der Waals surface area (Å²) in [6.45, 7) is 5.84. The van der Waals surface area contributed by atoms with Gasteiger partial charge in [-0.05, 0) is 30.5 Å². The molecule has 1 aliphatic heterocycles. The second-order valence-corrected chi connectivity index (χ2v) is 6.42. The fourth-order valence-corrected chi connectivity index (χ4v) is 3.22. The summed E-state index contributed by atoms with van der Waals surface area (Å²) in [5.41, 5.74) is 7.04. The van der Waals surface area contributed by atoms with Crippen LogP contribution in [0.2, 0.25) is 0 Å². The van der Waals surface area contributed by atoms with Crippen LogP contribution in [-0.4, -0.2) is 32.5 Å². The molecule has 0 radical (unpaired) electrons. The predicted molar refractivity (Wildman–Crippen MR) is 90.6 cm³/mol. The van der Waals surface area contributed by atoms with Crippen molar-refractivity contribution in [1.29, 1.82) is 0 Å². The van der Waals surface area contributed by atoms with Gasteiger partial charge in [0.1, 0.15) is 5.82 Å². The van der Waals surface area contributed by atoms with Crippen LogP contribution in [0.25, 0.3) is 0 Å². The molecular weight excluding hydrogens is 308 g/mol. The Morgan fingerprint density at radius 3 is 2.75 bits per heavy atom. The first-order chi connectivity index (χ1) is 11.3. The first-order valence-corrected chi connectivity index (χ1v) is 7.93. The number of carbonyl (C=O) groups is 1. The van der Waals surface area contributed by atoms with Gasteiger partial charge >= 0.3 is 0 Å². The molecule has 128 valence electrons. The SMILES string of the molecule is Cc1nn(CCO)c(N)c1C1(O)C(=O)Nc2ccc(C(C)C)cc21. The number of nitrogen functional groups attached to an aromatic ring is 1. The molecule has 1 unspecified atom stereocenters. The van der Waals surface area contributed by atoms with Crippen LogP contribution in [0, 0.1) is 6.92 Å². The van der Waals surface area contributed by atoms with Crippen molar-refractivity contribution in [2.24, 2.45) is 0 Å². The molecule has 7 nitrogen and oxygen atoms in total. The highest BCUT2D eigenvalue weighted by Crippen LogP contribution is 2.45. The number of aryl methyl sites for hydroxylation is 1. The highest BCUT2D eigenvalue weighted by molar-refractivity contribution is 6.08. The number of carbonyl (C=O) groups excluding carboxylic acids is 1. The Kier molecular flexibility index (Phi) is 3.85. The van der Waals surface area contributed by atoms with Crippen LogP contribution in [0.3, 0.4) is 0 Å². The summed E-state index contributed by atoms with van der Waals surface area (Å²) < 4.78 is 1.40. The molecule has 2 heterocycles. The molecule has 1 aliphatic rings. The zero-order valence-electron chi connectivity index (χ0n) is 14.0. The number of hydrogen-bond acceptors (Lipinski definition) is 5. The molecule has 3 rings (SSSR count). The number of anilines is 2. The predicted octanol–water partition coefficient (Wildman–Crippen LogP) is 1.08. The maximum absolute atomic E-state index is 12.6. The van der Waals surface area contributed by atoms with Crippen LogP contribution in [0.15, 0.2) is 18.2 Å². The number of hydrogen-bond donors (Lipinski definition) is 4. The normalized spacial score (nSPS) is 19.7. The van der Waals surface area contributed by atoms with Gasteiger partial charge in [0, 0.05) is 11.3 Å². The average Bonchev–Trinajstić information content (AvgIpc) is 2.94. The van der Waals surface area contributed by atoms with Crippen molar-refractivity contribution in [3.8, 4) is 0 Å². The van der Waals surface area contributed by atoms with E-state index >= 15 is 0 Å². The number of nitrogens with one attached hydrogen (secondary N) is 1. The second-order valence-electron chi connectivity index (χ2n) is 6.42. The molecule has 0 aliphatic carbocycles. The van der Waals surface area contributed by atoms with E-state index in [2.05, 4.69) is 10.4 Å². The molecule has 1 amide bonds. The minimum absolute atomic E-state index is 0.135. The summed E-state index contributed by atoms with van der Waals surface area (Å²) >= 11 is 0. The van der Waals surface area contributed by atoms with Crippen molar-refractivity contribution in [3.05, 3.63) is 40.6 Å². The molecule has 7 heteroatoms. The lowest BCUT2D eigenvalue weighted by atomic mass is 9.85. The van der Waals surface area contributed by atoms with E-state index in [1.165, 1.54) is 4.68 Å². The molecule has 0 bridgehead atoms. The van der Waals surface area contributed by atoms with Crippen molar-refractivity contribution < 1.29 is 15.0 Å². The standard InChI is InChI=1S/C17H22N4O3/c1-9(2)11-4-5-13-12(8-11)17(24,16(23)19-13)14-10(3)20-21(6-7-22)15(14)18/h4-5,8-9,22,24H,6-7,18H2,1-3H3,(H,19,23). The first-order valence-electron chi connectivity index (χ1n) is 7.93. The van der Waals surface area contributed by atoms with Gasteiger partial charge in [-0.2, -0.15) is 5.10 Å². The molecule has 24 heavy (non-hydrogen) atoms. The van der Waals surface area contributed by atoms with E-state index in [0.717, 1.165) is 5.56 Å². The fourth-order valence-electron chi connectivity index (χ4n) is 3.22. The van der Waals surface area contributed by atoms with Gasteiger partial charge in [-0.1, -0.05) is 19.9 Å². The lowest BCUT2D eigenvalue weighted by Crippen LogP contribution is -2.36. The molecule has 1 atom stereocenters. The number of benzene rings is 1. The van der Waals surface area contributed by atoms with Crippen molar-refractivity contribution in [1.82, 2.24) is 9.78 Å². The third-order valence-corrected chi connectivity index (χ3v) is 4.52. The zero-order valence-corrected chi connectivity index (χ0v) is 14.0. The van der Waals surface area contributed by atoms with Crippen LogP contribution in [-0.2, 0) is 16.9 Å². The third-order valence-electron chi connectivity index (χ3n) is 4.52. The molecule has 2 aromatic rings. The maximum Gasteiger partial charge on any atom is 0.266 e. The van der Waals surface area contributed by atoms with E-state index in [9.17, 15) is 9.90 Å². The van der Waals surface area contributed by atoms with Crippen LogP contribution in [0.1, 0.15) is 42.1 Å². The van der Waals surface area contributed by atoms with Gasteiger partial charge in [0.15, 0.2) is 0 Å². The van der Waals surface area contributed by atoms with Crippen molar-refractivity contribution in [2.45, 2.75) is 38.8 Å². The van der Waals surface area contributed by atoms with Crippen LogP contribution >= 0.6 is 0 Å². The van der Waals surface area contributed by atoms with Crippen molar-refractivity contribution >= 4 is 17.4 Å². The maximum atomic E-state index is 12.6. The van der Waals surface area contributed by atoms with Gasteiger partial charge in [0.2, 0.25) is 5.60 Å². The number of fused-ring (bicyclic) bond motifs is 1. The fraction of sp³-hybridized carbons (Fsp3) is 0.412. The number of rotatable bonds is 4. The van der Waals surface area contributed by atoms with Gasteiger partial charge in [-0.3, -0.25) is 4.79 Å². The number of nitrogens with zero attached hydrogens (tertiary/aromatic N) is 2. The van der Waals surface area contributed by atoms with E-state index < -0.39 is 11.5 Å². The summed E-state index contributed by atoms with van der Waals surface area (Å²) in [4.78, 5) is 12.6. The molecule has 1 aromatic heterocycles. The highest BCUT2D eigenvalue weighted by Gasteiger charge is 2.50. The molecular formula is C17H22N4O3. The lowest BCUT2D eigenvalue weighted by molar-refractivity contribution is -0.129. The number of aromatic nitrogens is 2. The first kappa shape index (κ1) is 16.5. The van der Waals surface area contributed by atoms with E-state index in [-0.39, 0.29) is 30.5 Å². The Morgan fingerprint density at radius 1 is 1.42 bits per heavy atom. The number of aliphatic hydroxyl groups is 2. The molecule has 0 saturated heterocycles. The largest absolute Gasteiger partial charge is 0.394 e. The molecule has 0 fully saturated rings. The molecule has 5 N–H and O–H groups in total. The second kappa shape index (κ2) is 5.61. The summed E-state index contributed by atoms with van der Waals surface area (Å²) in [5.74, 6) is -0.107. The van der Waals surface area contributed by atoms with Crippen LogP contribution in [0.4, 0.5) is 11.5 Å². The Morgan fingerprint density at radius 2 is 2.12 bits per heavy atom. The minimum atomic E-state index is -1.89. The quantitative estimate of drug-likeness (QED) is 0.670. The number of aliphatic hydroxyl groups excluding tert-OH is 1. The van der Waals surface area contributed by atoms with E-state index in [4.69, 9.17) is 10.8 Å². The summed E-state index contributed by atoms with van der Waals surface area (Å²) in [5, 5.41) is 27.4. The van der Waals surface area contributed by atoms with Gasteiger partial charge < -0.3 is 21.3 Å². The summed E-state index contributed by atoms with van der Waals surface area (Å²) in [6, 6.07) is 5.56. The number of amides is 1. The molecule has 1 aromatic carbocycles. The molecule has 0 spiro atoms. The van der Waals surface area contributed by atoms with Crippen LogP contribution < -0.4 is 11.1 Å². The van der Waals surface area contributed by atoms with Gasteiger partial charge in [0.05, 0.1) is 24.4 Å². The highest BCUT2D eigenvalue weighted by atomic mass is 16.3. The zero-order chi connectivity index (χ0) is 17.6. The lowest BCUT2D eigenvalue weighted by Gasteiger charge is -2.22. The summed E-state index contributed by atoms with van der Waals surface area (Å²) in [6.07, 6.45) is 0. The topological polar surface area (TPSA) is 113 Å². The van der Waals surface area contributed by atoms with Gasteiger partial charge in [-0.25, -0.2) is 4.68 Å². The average molecular weight is 330 g/mol. The minimum Gasteiger partial charge on any atom is -0.394 e. The Balaban J connectivity index is 2.22. The van der Waals surface area contributed by atoms with E-state index in [1.807, 2.05) is 26.0 Å². The Bertz CT molecular complexity index is 812. The number of nitrogens with two attached hydrogens (primary N) is 1. The Labute approximate surface area is 140 Å². The summed E-state index contributed by atoms with van der Waals surface area (Å²) in [7, 11) is 0. The van der Waals surface area contributed by atoms with E-state index in [1.54, 1.807) is 13.0 Å². The van der Waals surface area contributed by atoms with Gasteiger partial charge in [-0.15, -0.1) is 0 Å². The van der Waals surface area contributed by atoms with Gasteiger partial charge in [0.25, 0.3) is 5.91 Å². The third kappa shape index (κ3) is 2.20. The smallest absolute Gasteiger partial charge is 0.266 e.